The van der Waals surface area contributed by atoms with Crippen LogP contribution in [0.3, 0.4) is 0 Å². The van der Waals surface area contributed by atoms with Gasteiger partial charge in [0.25, 0.3) is 5.56 Å². The van der Waals surface area contributed by atoms with Crippen molar-refractivity contribution >= 4 is 11.5 Å². The van der Waals surface area contributed by atoms with Gasteiger partial charge in [0.2, 0.25) is 0 Å². The van der Waals surface area contributed by atoms with E-state index in [-0.39, 0.29) is 5.82 Å². The minimum atomic E-state index is -0.437. The van der Waals surface area contributed by atoms with Gasteiger partial charge in [-0.15, -0.1) is 0 Å². The smallest absolute Gasteiger partial charge is 0.330 e. The third-order valence-corrected chi connectivity index (χ3v) is 5.13. The Hall–Kier alpha value is -2.70. The predicted molar refractivity (Wildman–Crippen MR) is 119 cm³/mol. The zero-order valence-corrected chi connectivity index (χ0v) is 17.9. The van der Waals surface area contributed by atoms with E-state index in [4.69, 9.17) is 10.5 Å². The second-order valence-corrected chi connectivity index (χ2v) is 7.29. The number of methoxy groups -OCH3 is 1. The number of nitrogen functional groups attached to an aromatic ring is 1. The maximum Gasteiger partial charge on any atom is 0.330 e. The van der Waals surface area contributed by atoms with Gasteiger partial charge in [0.1, 0.15) is 17.3 Å². The SMILES string of the molecule is CCCCCN(CCc1ccc(OC)cc1)c1c(N)n(CCCC)c(=O)[nH]c1=O. The first-order chi connectivity index (χ1) is 14.0. The minimum Gasteiger partial charge on any atom is -0.497 e. The lowest BCUT2D eigenvalue weighted by Gasteiger charge is -2.26. The average Bonchev–Trinajstić information content (AvgIpc) is 2.71. The molecule has 0 amide bonds. The second kappa shape index (κ2) is 11.3. The molecule has 0 aliphatic rings. The number of anilines is 2. The first-order valence-electron chi connectivity index (χ1n) is 10.5. The summed E-state index contributed by atoms with van der Waals surface area (Å²) in [5, 5.41) is 0. The lowest BCUT2D eigenvalue weighted by molar-refractivity contribution is 0.414. The molecule has 7 nitrogen and oxygen atoms in total. The lowest BCUT2D eigenvalue weighted by Crippen LogP contribution is -2.39. The van der Waals surface area contributed by atoms with Crippen LogP contribution in [0.4, 0.5) is 11.5 Å². The number of ether oxygens (including phenoxy) is 1. The van der Waals surface area contributed by atoms with Gasteiger partial charge in [-0.2, -0.15) is 0 Å². The Morgan fingerprint density at radius 1 is 1.03 bits per heavy atom. The fraction of sp³-hybridized carbons (Fsp3) is 0.545. The zero-order valence-electron chi connectivity index (χ0n) is 17.9. The van der Waals surface area contributed by atoms with Gasteiger partial charge in [0, 0.05) is 19.6 Å². The summed E-state index contributed by atoms with van der Waals surface area (Å²) in [6, 6.07) is 7.92. The molecule has 1 aromatic carbocycles. The molecule has 7 heteroatoms. The van der Waals surface area contributed by atoms with E-state index in [1.165, 1.54) is 4.57 Å². The van der Waals surface area contributed by atoms with E-state index >= 15 is 0 Å². The summed E-state index contributed by atoms with van der Waals surface area (Å²) < 4.78 is 6.70. The normalized spacial score (nSPS) is 10.9. The Morgan fingerprint density at radius 2 is 1.72 bits per heavy atom. The van der Waals surface area contributed by atoms with Crippen molar-refractivity contribution in [3.63, 3.8) is 0 Å². The molecule has 0 aliphatic heterocycles. The van der Waals surface area contributed by atoms with Crippen LogP contribution in [0.25, 0.3) is 0 Å². The average molecular weight is 403 g/mol. The molecule has 0 atom stereocenters. The van der Waals surface area contributed by atoms with Crippen LogP contribution in [0, 0.1) is 0 Å². The summed E-state index contributed by atoms with van der Waals surface area (Å²) in [4.78, 5) is 29.4. The Kier molecular flexibility index (Phi) is 8.83. The molecule has 0 unspecified atom stereocenters. The van der Waals surface area contributed by atoms with Crippen molar-refractivity contribution in [2.24, 2.45) is 0 Å². The van der Waals surface area contributed by atoms with Gasteiger partial charge < -0.3 is 15.4 Å². The monoisotopic (exact) mass is 402 g/mol. The molecule has 0 fully saturated rings. The highest BCUT2D eigenvalue weighted by Crippen LogP contribution is 2.19. The van der Waals surface area contributed by atoms with Crippen molar-refractivity contribution in [3.8, 4) is 5.75 Å². The van der Waals surface area contributed by atoms with Crippen molar-refractivity contribution in [2.45, 2.75) is 58.9 Å². The largest absolute Gasteiger partial charge is 0.497 e. The summed E-state index contributed by atoms with van der Waals surface area (Å²) in [6.45, 7) is 6.08. The molecule has 160 valence electrons. The highest BCUT2D eigenvalue weighted by molar-refractivity contribution is 5.62. The van der Waals surface area contributed by atoms with Crippen LogP contribution in [-0.4, -0.2) is 29.8 Å². The Balaban J connectivity index is 2.30. The Bertz CT molecular complexity index is 871. The second-order valence-electron chi connectivity index (χ2n) is 7.29. The Morgan fingerprint density at radius 3 is 2.34 bits per heavy atom. The van der Waals surface area contributed by atoms with Gasteiger partial charge >= 0.3 is 5.69 Å². The van der Waals surface area contributed by atoms with Crippen molar-refractivity contribution in [3.05, 3.63) is 50.7 Å². The van der Waals surface area contributed by atoms with Crippen LogP contribution in [0.2, 0.25) is 0 Å². The molecule has 0 aliphatic carbocycles. The van der Waals surface area contributed by atoms with Crippen LogP contribution >= 0.6 is 0 Å². The molecule has 0 saturated heterocycles. The molecule has 1 heterocycles. The van der Waals surface area contributed by atoms with Crippen LogP contribution in [0.15, 0.2) is 33.9 Å². The number of nitrogens with two attached hydrogens (primary N) is 1. The van der Waals surface area contributed by atoms with Gasteiger partial charge in [-0.05, 0) is 37.0 Å². The Labute approximate surface area is 172 Å². The number of aromatic amines is 1. The van der Waals surface area contributed by atoms with E-state index in [9.17, 15) is 9.59 Å². The zero-order chi connectivity index (χ0) is 21.2. The summed E-state index contributed by atoms with van der Waals surface area (Å²) in [5.74, 6) is 1.08. The van der Waals surface area contributed by atoms with Crippen molar-refractivity contribution in [2.75, 3.05) is 30.8 Å². The molecular formula is C22H34N4O3. The summed E-state index contributed by atoms with van der Waals surface area (Å²) in [5.41, 5.74) is 7.04. The van der Waals surface area contributed by atoms with E-state index in [0.29, 0.717) is 18.8 Å². The maximum atomic E-state index is 12.6. The van der Waals surface area contributed by atoms with Gasteiger partial charge in [0.15, 0.2) is 0 Å². The molecule has 2 aromatic rings. The van der Waals surface area contributed by atoms with Gasteiger partial charge in [-0.3, -0.25) is 14.3 Å². The highest BCUT2D eigenvalue weighted by atomic mass is 16.5. The fourth-order valence-corrected chi connectivity index (χ4v) is 3.37. The van der Waals surface area contributed by atoms with Gasteiger partial charge in [-0.1, -0.05) is 45.2 Å². The first-order valence-corrected chi connectivity index (χ1v) is 10.5. The van der Waals surface area contributed by atoms with Crippen molar-refractivity contribution < 1.29 is 4.74 Å². The van der Waals surface area contributed by atoms with E-state index in [1.807, 2.05) is 29.2 Å². The molecule has 0 bridgehead atoms. The van der Waals surface area contributed by atoms with Crippen LogP contribution in [0.5, 0.6) is 5.75 Å². The number of nitrogens with zero attached hydrogens (tertiary/aromatic N) is 2. The topological polar surface area (TPSA) is 93.3 Å². The van der Waals surface area contributed by atoms with E-state index in [2.05, 4.69) is 18.8 Å². The molecule has 0 radical (unpaired) electrons. The van der Waals surface area contributed by atoms with E-state index in [1.54, 1.807) is 7.11 Å². The molecule has 29 heavy (non-hydrogen) atoms. The summed E-state index contributed by atoms with van der Waals surface area (Å²) in [6.07, 6.45) is 5.67. The third kappa shape index (κ3) is 6.14. The molecule has 3 N–H and O–H groups in total. The highest BCUT2D eigenvalue weighted by Gasteiger charge is 2.18. The fourth-order valence-electron chi connectivity index (χ4n) is 3.37. The lowest BCUT2D eigenvalue weighted by atomic mass is 10.1. The van der Waals surface area contributed by atoms with Crippen molar-refractivity contribution in [1.82, 2.24) is 9.55 Å². The minimum absolute atomic E-state index is 0.262. The summed E-state index contributed by atoms with van der Waals surface area (Å²) in [7, 11) is 1.65. The number of hydrogen-bond donors (Lipinski definition) is 2. The van der Waals surface area contributed by atoms with Gasteiger partial charge in [0.05, 0.1) is 7.11 Å². The maximum absolute atomic E-state index is 12.6. The van der Waals surface area contributed by atoms with Crippen LogP contribution in [0.1, 0.15) is 51.5 Å². The van der Waals surface area contributed by atoms with E-state index in [0.717, 1.165) is 56.4 Å². The first kappa shape index (κ1) is 22.6. The standard InChI is InChI=1S/C22H34N4O3/c1-4-6-8-14-25(16-13-17-9-11-18(29-3)12-10-17)19-20(23)26(15-7-5-2)22(28)24-21(19)27/h9-12H,4-8,13-16,23H2,1-3H3,(H,24,27,28). The van der Waals surface area contributed by atoms with Crippen LogP contribution in [-0.2, 0) is 13.0 Å². The number of unbranched alkanes of at least 4 members (excludes halogenated alkanes) is 3. The van der Waals surface area contributed by atoms with E-state index < -0.39 is 11.2 Å². The predicted octanol–water partition coefficient (Wildman–Crippen LogP) is 3.17. The number of nitrogens with one attached hydrogen (secondary N) is 1. The molecule has 0 saturated carbocycles. The number of hydrogen-bond acceptors (Lipinski definition) is 5. The number of aromatic nitrogens is 2. The number of H-pyrrole nitrogens is 1. The summed E-state index contributed by atoms with van der Waals surface area (Å²) >= 11 is 0. The molecule has 2 rings (SSSR count). The quantitative estimate of drug-likeness (QED) is 0.532. The number of rotatable bonds is 12. The third-order valence-electron chi connectivity index (χ3n) is 5.13. The van der Waals surface area contributed by atoms with Crippen LogP contribution < -0.4 is 26.6 Å². The molecule has 1 aromatic heterocycles. The van der Waals surface area contributed by atoms with Crippen molar-refractivity contribution in [1.29, 1.82) is 0 Å². The molecule has 0 spiro atoms. The number of benzene rings is 1. The molecular weight excluding hydrogens is 368 g/mol. The van der Waals surface area contributed by atoms with Gasteiger partial charge in [-0.25, -0.2) is 4.79 Å².